The summed E-state index contributed by atoms with van der Waals surface area (Å²) in [6.07, 6.45) is 0. The van der Waals surface area contributed by atoms with E-state index in [1.807, 2.05) is 72.8 Å². The number of fused-ring (bicyclic) bond motifs is 6. The first kappa shape index (κ1) is 25.1. The average molecular weight is 560 g/mol. The topological polar surface area (TPSA) is 81.2 Å². The highest BCUT2D eigenvalue weighted by molar-refractivity contribution is 6.12. The molecule has 0 unspecified atom stereocenters. The summed E-state index contributed by atoms with van der Waals surface area (Å²) >= 11 is 0. The lowest BCUT2D eigenvalue weighted by atomic mass is 10.0. The predicted octanol–water partition coefficient (Wildman–Crippen LogP) is 9.16. The van der Waals surface area contributed by atoms with Crippen molar-refractivity contribution in [3.05, 3.63) is 144 Å². The summed E-state index contributed by atoms with van der Waals surface area (Å²) in [5.74, 6) is 0. The molecule has 0 fully saturated rings. The third-order valence-electron chi connectivity index (χ3n) is 8.41. The lowest BCUT2D eigenvalue weighted by Crippen LogP contribution is -2.01. The lowest BCUT2D eigenvalue weighted by molar-refractivity contribution is 1.16. The van der Waals surface area contributed by atoms with Gasteiger partial charge in [-0.1, -0.05) is 54.6 Å². The maximum atomic E-state index is 9.66. The van der Waals surface area contributed by atoms with E-state index in [0.29, 0.717) is 16.7 Å². The summed E-state index contributed by atoms with van der Waals surface area (Å²) in [5.41, 5.74) is 9.88. The molecule has 0 spiro atoms. The Kier molecular flexibility index (Phi) is 5.56. The Bertz CT molecular complexity index is 2520. The Morgan fingerprint density at radius 1 is 0.364 bits per heavy atom. The highest BCUT2D eigenvalue weighted by Crippen LogP contribution is 2.41. The molecule has 8 rings (SSSR count). The lowest BCUT2D eigenvalue weighted by Gasteiger charge is -2.18. The molecule has 44 heavy (non-hydrogen) atoms. The molecule has 0 aliphatic heterocycles. The molecule has 202 valence electrons. The van der Waals surface area contributed by atoms with Crippen molar-refractivity contribution in [2.24, 2.45) is 0 Å². The molecule has 0 amide bonds. The van der Waals surface area contributed by atoms with Gasteiger partial charge < -0.3 is 9.13 Å². The Hall–Kier alpha value is -6.61. The van der Waals surface area contributed by atoms with Crippen molar-refractivity contribution in [2.45, 2.75) is 0 Å². The minimum absolute atomic E-state index is 0.573. The summed E-state index contributed by atoms with van der Waals surface area (Å²) in [6, 6.07) is 49.2. The van der Waals surface area contributed by atoms with Gasteiger partial charge in [-0.3, -0.25) is 0 Å². The number of aromatic nitrogens is 2. The zero-order valence-corrected chi connectivity index (χ0v) is 23.4. The smallest absolute Gasteiger partial charge is 0.0991 e. The van der Waals surface area contributed by atoms with Crippen molar-refractivity contribution in [3.63, 3.8) is 0 Å². The van der Waals surface area contributed by atoms with Crippen molar-refractivity contribution in [2.75, 3.05) is 0 Å². The minimum Gasteiger partial charge on any atom is -0.309 e. The van der Waals surface area contributed by atoms with Gasteiger partial charge in [-0.2, -0.15) is 15.8 Å². The molecular weight excluding hydrogens is 538 g/mol. The van der Waals surface area contributed by atoms with Crippen LogP contribution in [0.15, 0.2) is 127 Å². The molecule has 0 atom stereocenters. The van der Waals surface area contributed by atoms with E-state index < -0.39 is 0 Å². The van der Waals surface area contributed by atoms with E-state index in [2.05, 4.69) is 81.9 Å². The van der Waals surface area contributed by atoms with Crippen LogP contribution in [0.4, 0.5) is 0 Å². The largest absolute Gasteiger partial charge is 0.309 e. The number of benzene rings is 6. The van der Waals surface area contributed by atoms with Gasteiger partial charge >= 0.3 is 0 Å². The normalized spacial score (nSPS) is 11.1. The molecule has 6 aromatic carbocycles. The molecule has 0 radical (unpaired) electrons. The number of nitrogens with zero attached hydrogens (tertiary/aromatic N) is 5. The SMILES string of the molecule is N#Cc1ccc2c(c1)c1ccccc1n2-c1ccccc1-c1ccccc1-n1c2ccc(C#N)cc2c2cc(C#N)ccc21. The number of hydrogen-bond acceptors (Lipinski definition) is 3. The molecule has 0 saturated carbocycles. The number of hydrogen-bond donors (Lipinski definition) is 0. The molecule has 2 heterocycles. The van der Waals surface area contributed by atoms with Crippen LogP contribution in [0.1, 0.15) is 16.7 Å². The molecular formula is C39H21N5. The van der Waals surface area contributed by atoms with E-state index in [1.165, 1.54) is 0 Å². The number of rotatable bonds is 3. The molecule has 0 aliphatic rings. The first-order valence-electron chi connectivity index (χ1n) is 14.2. The molecule has 0 saturated heterocycles. The maximum absolute atomic E-state index is 9.66. The second-order valence-electron chi connectivity index (χ2n) is 10.8. The third kappa shape index (κ3) is 3.63. The average Bonchev–Trinajstić information content (AvgIpc) is 3.59. The summed E-state index contributed by atoms with van der Waals surface area (Å²) < 4.78 is 4.51. The highest BCUT2D eigenvalue weighted by Gasteiger charge is 2.20. The van der Waals surface area contributed by atoms with Gasteiger partial charge in [0.15, 0.2) is 0 Å². The van der Waals surface area contributed by atoms with Gasteiger partial charge in [0.2, 0.25) is 0 Å². The van der Waals surface area contributed by atoms with Crippen LogP contribution in [0, 0.1) is 34.0 Å². The van der Waals surface area contributed by atoms with E-state index in [1.54, 1.807) is 0 Å². The Labute approximate surface area is 252 Å². The standard InChI is InChI=1S/C39H21N5/c40-22-25-13-16-37-31(19-25)30-9-3-6-12-36(30)43(37)34-10-4-1-7-28(34)29-8-2-5-11-35(29)44-38-17-14-26(23-41)20-32(38)33-21-27(24-42)15-18-39(33)44/h1-21H. The van der Waals surface area contributed by atoms with Gasteiger partial charge in [0.05, 0.1) is 68.3 Å². The van der Waals surface area contributed by atoms with Gasteiger partial charge in [0.1, 0.15) is 0 Å². The van der Waals surface area contributed by atoms with Gasteiger partial charge in [-0.05, 0) is 72.8 Å². The van der Waals surface area contributed by atoms with Crippen LogP contribution in [0.25, 0.3) is 66.1 Å². The summed E-state index contributed by atoms with van der Waals surface area (Å²) in [7, 11) is 0. The van der Waals surface area contributed by atoms with Crippen molar-refractivity contribution >= 4 is 43.6 Å². The summed E-state index contributed by atoms with van der Waals surface area (Å²) in [5, 5.41) is 32.9. The van der Waals surface area contributed by atoms with Crippen molar-refractivity contribution in [1.82, 2.24) is 9.13 Å². The van der Waals surface area contributed by atoms with Gasteiger partial charge in [0.25, 0.3) is 0 Å². The van der Waals surface area contributed by atoms with Gasteiger partial charge in [-0.25, -0.2) is 0 Å². The monoisotopic (exact) mass is 559 g/mol. The number of para-hydroxylation sites is 3. The molecule has 0 N–H and O–H groups in total. The maximum Gasteiger partial charge on any atom is 0.0991 e. The molecule has 0 bridgehead atoms. The first-order chi connectivity index (χ1) is 21.7. The van der Waals surface area contributed by atoms with Crippen LogP contribution < -0.4 is 0 Å². The first-order valence-corrected chi connectivity index (χ1v) is 14.2. The van der Waals surface area contributed by atoms with E-state index >= 15 is 0 Å². The van der Waals surface area contributed by atoms with Crippen molar-refractivity contribution < 1.29 is 0 Å². The molecule has 2 aromatic heterocycles. The quantitative estimate of drug-likeness (QED) is 0.216. The van der Waals surface area contributed by atoms with Crippen molar-refractivity contribution in [3.8, 4) is 40.7 Å². The minimum atomic E-state index is 0.573. The second-order valence-corrected chi connectivity index (χ2v) is 10.8. The van der Waals surface area contributed by atoms with Crippen LogP contribution >= 0.6 is 0 Å². The zero-order chi connectivity index (χ0) is 29.8. The van der Waals surface area contributed by atoms with E-state index in [-0.39, 0.29) is 0 Å². The molecule has 0 aliphatic carbocycles. The molecule has 5 nitrogen and oxygen atoms in total. The Balaban J connectivity index is 1.45. The van der Waals surface area contributed by atoms with Crippen LogP contribution in [0.5, 0.6) is 0 Å². The Morgan fingerprint density at radius 3 is 1.18 bits per heavy atom. The van der Waals surface area contributed by atoms with E-state index in [4.69, 9.17) is 0 Å². The Morgan fingerprint density at radius 2 is 0.727 bits per heavy atom. The van der Waals surface area contributed by atoms with Crippen LogP contribution in [0.3, 0.4) is 0 Å². The summed E-state index contributed by atoms with van der Waals surface area (Å²) in [4.78, 5) is 0. The van der Waals surface area contributed by atoms with Gasteiger partial charge in [0, 0.05) is 32.7 Å². The second kappa shape index (κ2) is 9.74. The molecule has 8 aromatic rings. The van der Waals surface area contributed by atoms with E-state index in [9.17, 15) is 15.8 Å². The zero-order valence-electron chi connectivity index (χ0n) is 23.4. The highest BCUT2D eigenvalue weighted by atomic mass is 15.0. The van der Waals surface area contributed by atoms with Crippen LogP contribution in [-0.4, -0.2) is 9.13 Å². The fraction of sp³-hybridized carbons (Fsp3) is 0. The fourth-order valence-corrected chi connectivity index (χ4v) is 6.52. The van der Waals surface area contributed by atoms with Crippen LogP contribution in [0.2, 0.25) is 0 Å². The van der Waals surface area contributed by atoms with E-state index in [0.717, 1.165) is 66.1 Å². The third-order valence-corrected chi connectivity index (χ3v) is 8.41. The molecule has 5 heteroatoms. The van der Waals surface area contributed by atoms with Gasteiger partial charge in [-0.15, -0.1) is 0 Å². The van der Waals surface area contributed by atoms with Crippen LogP contribution in [-0.2, 0) is 0 Å². The number of nitriles is 3. The van der Waals surface area contributed by atoms with Crippen molar-refractivity contribution in [1.29, 1.82) is 15.8 Å². The fourth-order valence-electron chi connectivity index (χ4n) is 6.52. The summed E-state index contributed by atoms with van der Waals surface area (Å²) in [6.45, 7) is 0. The predicted molar refractivity (Wildman–Crippen MR) is 175 cm³/mol.